The predicted molar refractivity (Wildman–Crippen MR) is 219 cm³/mol. The Morgan fingerprint density at radius 3 is 1.94 bits per heavy atom. The second-order valence-corrected chi connectivity index (χ2v) is 14.7. The summed E-state index contributed by atoms with van der Waals surface area (Å²) in [6.07, 6.45) is 15.1. The van der Waals surface area contributed by atoms with Crippen LogP contribution in [0.25, 0.3) is 41.3 Å². The van der Waals surface area contributed by atoms with Gasteiger partial charge in [-0.1, -0.05) is 113 Å². The van der Waals surface area contributed by atoms with Gasteiger partial charge in [0.2, 0.25) is 5.52 Å². The number of rotatable bonds is 15. The van der Waals surface area contributed by atoms with E-state index in [0.29, 0.717) is 0 Å². The third kappa shape index (κ3) is 10.3. The number of benzene rings is 4. The van der Waals surface area contributed by atoms with Crippen LogP contribution in [-0.4, -0.2) is 45.7 Å². The lowest BCUT2D eigenvalue weighted by Crippen LogP contribution is -2.72. The van der Waals surface area contributed by atoms with Gasteiger partial charge in [0.15, 0.2) is 6.20 Å². The van der Waals surface area contributed by atoms with Crippen molar-refractivity contribution in [2.45, 2.75) is 0 Å². The number of hydrogen-bond acceptors (Lipinski definition) is 4. The van der Waals surface area contributed by atoms with Crippen LogP contribution in [0.3, 0.4) is 0 Å². The molecule has 4 aromatic carbocycles. The molecule has 6 heteroatoms. The van der Waals surface area contributed by atoms with Crippen molar-refractivity contribution in [2.75, 3.05) is 55.5 Å². The fourth-order valence-corrected chi connectivity index (χ4v) is 7.63. The van der Waals surface area contributed by atoms with E-state index in [1.165, 1.54) is 39.0 Å². The van der Waals surface area contributed by atoms with Crippen LogP contribution < -0.4 is 30.1 Å². The first kappa shape index (κ1) is 35.8. The highest BCUT2D eigenvalue weighted by atomic mass is 33.1. The Bertz CT molecular complexity index is 2010. The SMILES string of the molecule is C=c1cccc/c1=C(/C=C\[NH2+]C)\C=C\c1ccc(N(C)CCSSCCN(C)c2ccc(/C=C/c3cc[n+](C)c4ccccc34)cc2)cc1. The average molecular weight is 685 g/mol. The van der Waals surface area contributed by atoms with Crippen molar-refractivity contribution in [2.24, 2.45) is 7.05 Å². The molecule has 5 rings (SSSR count). The zero-order chi connectivity index (χ0) is 34.4. The smallest absolute Gasteiger partial charge is 0.212 e. The lowest BCUT2D eigenvalue weighted by Gasteiger charge is -2.20. The number of para-hydroxylation sites is 1. The van der Waals surface area contributed by atoms with Crippen LogP contribution in [0.4, 0.5) is 11.4 Å². The van der Waals surface area contributed by atoms with Crippen LogP contribution in [0.1, 0.15) is 16.7 Å². The molecule has 0 aliphatic heterocycles. The molecule has 0 unspecified atom stereocenters. The number of allylic oxidation sites excluding steroid dienone is 2. The zero-order valence-corrected chi connectivity index (χ0v) is 30.8. The quantitative estimate of drug-likeness (QED) is 0.0749. The first-order valence-electron chi connectivity index (χ1n) is 16.8. The molecule has 5 aromatic rings. The molecular weight excluding hydrogens is 637 g/mol. The molecule has 0 radical (unpaired) electrons. The molecule has 1 heterocycles. The highest BCUT2D eigenvalue weighted by molar-refractivity contribution is 8.76. The van der Waals surface area contributed by atoms with Gasteiger partial charge in [0.1, 0.15) is 7.05 Å². The molecule has 0 aliphatic carbocycles. The number of hydrogen-bond donors (Lipinski definition) is 1. The van der Waals surface area contributed by atoms with Crippen molar-refractivity contribution in [3.05, 3.63) is 155 Å². The van der Waals surface area contributed by atoms with Gasteiger partial charge in [0.25, 0.3) is 0 Å². The fraction of sp³-hybridized carbons (Fsp3) is 0.186. The van der Waals surface area contributed by atoms with Crippen LogP contribution in [0.15, 0.2) is 128 Å². The molecule has 2 N–H and O–H groups in total. The number of anilines is 2. The standard InChI is InChI=1S/C43H47N4S2/c1-34-10-6-7-11-41(34)37(26-28-44-2)20-14-35-16-22-39(23-17-35)45(3)30-32-48-49-33-31-46(4)40-24-18-36(19-25-40)15-21-38-27-29-47(5)43-13-9-8-12-42(38)43/h6-29,44H,1,30-33H2,2-5H3/q+1/p+1/b20-14+,28-26-,41-37-. The van der Waals surface area contributed by atoms with Crippen LogP contribution in [-0.2, 0) is 7.05 Å². The monoisotopic (exact) mass is 684 g/mol. The molecule has 0 spiro atoms. The summed E-state index contributed by atoms with van der Waals surface area (Å²) in [5, 5.41) is 5.50. The molecule has 0 amide bonds. The number of nitrogens with zero attached hydrogens (tertiary/aromatic N) is 3. The number of nitrogens with two attached hydrogens (primary N) is 1. The Morgan fingerprint density at radius 1 is 0.714 bits per heavy atom. The van der Waals surface area contributed by atoms with Gasteiger partial charge in [-0.05, 0) is 69.1 Å². The van der Waals surface area contributed by atoms with Crippen molar-refractivity contribution >= 4 is 74.2 Å². The van der Waals surface area contributed by atoms with E-state index in [4.69, 9.17) is 0 Å². The third-order valence-electron chi connectivity index (χ3n) is 8.55. The second kappa shape index (κ2) is 18.3. The summed E-state index contributed by atoms with van der Waals surface area (Å²) in [6, 6.07) is 36.7. The molecule has 49 heavy (non-hydrogen) atoms. The summed E-state index contributed by atoms with van der Waals surface area (Å²) in [5.74, 6) is 2.15. The van der Waals surface area contributed by atoms with Crippen molar-refractivity contribution in [1.29, 1.82) is 0 Å². The summed E-state index contributed by atoms with van der Waals surface area (Å²) in [4.78, 5) is 4.67. The fourth-order valence-electron chi connectivity index (χ4n) is 5.55. The van der Waals surface area contributed by atoms with E-state index in [2.05, 4.69) is 182 Å². The van der Waals surface area contributed by atoms with Crippen molar-refractivity contribution in [1.82, 2.24) is 0 Å². The first-order valence-corrected chi connectivity index (χ1v) is 19.3. The van der Waals surface area contributed by atoms with Gasteiger partial charge in [0, 0.05) is 62.2 Å². The minimum absolute atomic E-state index is 1.01. The highest BCUT2D eigenvalue weighted by Gasteiger charge is 2.07. The maximum Gasteiger partial charge on any atom is 0.212 e. The van der Waals surface area contributed by atoms with Crippen LogP contribution in [0.2, 0.25) is 0 Å². The minimum Gasteiger partial charge on any atom is -0.374 e. The third-order valence-corrected chi connectivity index (χ3v) is 10.9. The lowest BCUT2D eigenvalue weighted by molar-refractivity contribution is -0.644. The molecule has 0 saturated carbocycles. The van der Waals surface area contributed by atoms with Crippen molar-refractivity contribution in [3.8, 4) is 0 Å². The van der Waals surface area contributed by atoms with E-state index in [1.807, 2.05) is 40.0 Å². The lowest BCUT2D eigenvalue weighted by atomic mass is 10.1. The number of aryl methyl sites for hydroxylation is 1. The summed E-state index contributed by atoms with van der Waals surface area (Å²) in [5.41, 5.74) is 8.49. The molecule has 0 aliphatic rings. The second-order valence-electron chi connectivity index (χ2n) is 12.0. The van der Waals surface area contributed by atoms with Crippen molar-refractivity contribution in [3.63, 3.8) is 0 Å². The number of aromatic nitrogens is 1. The van der Waals surface area contributed by atoms with Crippen molar-refractivity contribution < 1.29 is 9.88 Å². The Labute approximate surface area is 300 Å². The summed E-state index contributed by atoms with van der Waals surface area (Å²) >= 11 is 0. The van der Waals surface area contributed by atoms with Gasteiger partial charge >= 0.3 is 0 Å². The van der Waals surface area contributed by atoms with Gasteiger partial charge in [-0.2, -0.15) is 0 Å². The molecular formula is C43H48N4S2+2. The molecule has 1 aromatic heterocycles. The number of quaternary nitrogens is 1. The van der Waals surface area contributed by atoms with Gasteiger partial charge in [-0.3, -0.25) is 0 Å². The summed E-state index contributed by atoms with van der Waals surface area (Å²) < 4.78 is 2.16. The van der Waals surface area contributed by atoms with Gasteiger partial charge < -0.3 is 15.1 Å². The summed E-state index contributed by atoms with van der Waals surface area (Å²) in [7, 11) is 12.4. The zero-order valence-electron chi connectivity index (χ0n) is 29.1. The molecule has 0 atom stereocenters. The minimum atomic E-state index is 1.01. The predicted octanol–water partition coefficient (Wildman–Crippen LogP) is 6.77. The molecule has 4 nitrogen and oxygen atoms in total. The van der Waals surface area contributed by atoms with E-state index >= 15 is 0 Å². The Balaban J connectivity index is 1.04. The van der Waals surface area contributed by atoms with E-state index < -0.39 is 0 Å². The Morgan fingerprint density at radius 2 is 1.31 bits per heavy atom. The van der Waals surface area contributed by atoms with E-state index in [0.717, 1.165) is 40.6 Å². The van der Waals surface area contributed by atoms with Crippen LogP contribution in [0, 0.1) is 0 Å². The van der Waals surface area contributed by atoms with E-state index in [-0.39, 0.29) is 0 Å². The van der Waals surface area contributed by atoms with Crippen LogP contribution in [0.5, 0.6) is 0 Å². The van der Waals surface area contributed by atoms with Crippen LogP contribution >= 0.6 is 21.6 Å². The topological polar surface area (TPSA) is 27.0 Å². The largest absolute Gasteiger partial charge is 0.374 e. The maximum absolute atomic E-state index is 4.21. The van der Waals surface area contributed by atoms with Gasteiger partial charge in [-0.25, -0.2) is 4.57 Å². The average Bonchev–Trinajstić information content (AvgIpc) is 3.13. The maximum atomic E-state index is 4.21. The molecule has 250 valence electrons. The highest BCUT2D eigenvalue weighted by Crippen LogP contribution is 2.24. The Kier molecular flexibility index (Phi) is 13.4. The normalized spacial score (nSPS) is 12.4. The molecule has 0 fully saturated rings. The molecule has 0 bridgehead atoms. The summed E-state index contributed by atoms with van der Waals surface area (Å²) in [6.45, 7) is 6.22. The molecule has 0 saturated heterocycles. The number of fused-ring (bicyclic) bond motifs is 1. The van der Waals surface area contributed by atoms with Gasteiger partial charge in [0.05, 0.1) is 18.6 Å². The van der Waals surface area contributed by atoms with Gasteiger partial charge in [-0.15, -0.1) is 0 Å². The van der Waals surface area contributed by atoms with E-state index in [1.54, 1.807) is 0 Å². The van der Waals surface area contributed by atoms with E-state index in [9.17, 15) is 0 Å². The first-order chi connectivity index (χ1) is 23.9. The number of pyridine rings is 1. The Hall–Kier alpha value is -4.49.